The van der Waals surface area contributed by atoms with Gasteiger partial charge in [0.2, 0.25) is 5.90 Å². The first-order valence-electron chi connectivity index (χ1n) is 4.56. The fourth-order valence-electron chi connectivity index (χ4n) is 0.960. The summed E-state index contributed by atoms with van der Waals surface area (Å²) in [6.07, 6.45) is 0. The molecule has 0 unspecified atom stereocenters. The summed E-state index contributed by atoms with van der Waals surface area (Å²) in [5.74, 6) is 0.208. The summed E-state index contributed by atoms with van der Waals surface area (Å²) >= 11 is 14.8. The molecule has 6 nitrogen and oxygen atoms in total. The Balaban J connectivity index is 2.88. The first-order chi connectivity index (χ1) is 8.45. The average molecular weight is 356 g/mol. The van der Waals surface area contributed by atoms with Crippen molar-refractivity contribution in [1.82, 2.24) is 4.03 Å². The van der Waals surface area contributed by atoms with E-state index < -0.39 is 0 Å². The topological polar surface area (TPSA) is 83.4 Å². The number of nitrogens with two attached hydrogens (primary N) is 1. The van der Waals surface area contributed by atoms with Crippen molar-refractivity contribution in [1.29, 1.82) is 0 Å². The molecular weight excluding hydrogens is 347 g/mol. The van der Waals surface area contributed by atoms with Gasteiger partial charge in [0.1, 0.15) is 0 Å². The lowest BCUT2D eigenvalue weighted by Gasteiger charge is -2.11. The number of para-hydroxylation sites is 1. The highest BCUT2D eigenvalue weighted by molar-refractivity contribution is 9.07. The molecule has 1 aromatic rings. The van der Waals surface area contributed by atoms with Crippen LogP contribution in [0.15, 0.2) is 28.5 Å². The van der Waals surface area contributed by atoms with Crippen molar-refractivity contribution in [2.75, 3.05) is 0 Å². The van der Waals surface area contributed by atoms with E-state index in [-0.39, 0.29) is 17.6 Å². The van der Waals surface area contributed by atoms with Gasteiger partial charge in [0.25, 0.3) is 5.96 Å². The molecule has 0 aliphatic rings. The van der Waals surface area contributed by atoms with E-state index in [1.54, 1.807) is 25.1 Å². The van der Waals surface area contributed by atoms with Crippen LogP contribution >= 0.6 is 39.3 Å². The summed E-state index contributed by atoms with van der Waals surface area (Å²) in [5.41, 5.74) is 5.28. The van der Waals surface area contributed by atoms with Gasteiger partial charge < -0.3 is 15.7 Å². The molecule has 0 saturated heterocycles. The highest BCUT2D eigenvalue weighted by Crippen LogP contribution is 2.32. The van der Waals surface area contributed by atoms with E-state index in [2.05, 4.69) is 26.4 Å². The molecule has 0 fully saturated rings. The Morgan fingerprint density at radius 3 is 2.50 bits per heavy atom. The number of oxime groups is 1. The molecule has 0 heterocycles. The normalized spacial score (nSPS) is 12.4. The second-order valence-electron chi connectivity index (χ2n) is 2.99. The van der Waals surface area contributed by atoms with Crippen molar-refractivity contribution in [3.63, 3.8) is 0 Å². The smallest absolute Gasteiger partial charge is 0.264 e. The number of hydrogen-bond donors (Lipinski definition) is 2. The van der Waals surface area contributed by atoms with Gasteiger partial charge in [0.15, 0.2) is 5.75 Å². The number of halogens is 3. The molecule has 0 aliphatic carbocycles. The van der Waals surface area contributed by atoms with Crippen molar-refractivity contribution in [2.45, 2.75) is 6.92 Å². The lowest BCUT2D eigenvalue weighted by Crippen LogP contribution is -2.26. The minimum Gasteiger partial charge on any atom is -0.439 e. The predicted molar refractivity (Wildman–Crippen MR) is 74.4 cm³/mol. The second kappa shape index (κ2) is 6.67. The maximum atomic E-state index is 8.44. The van der Waals surface area contributed by atoms with Crippen LogP contribution in [-0.2, 0) is 0 Å². The third-order valence-electron chi connectivity index (χ3n) is 1.69. The SMILES string of the molecule is C/C(=N/N(Br)/C(N)=N/O)Oc1c(Cl)cccc1Cl. The van der Waals surface area contributed by atoms with Crippen LogP contribution in [0.25, 0.3) is 0 Å². The fraction of sp³-hybridized carbons (Fsp3) is 0.111. The Hall–Kier alpha value is -1.18. The molecule has 1 rings (SSSR count). The lowest BCUT2D eigenvalue weighted by atomic mass is 10.3. The number of hydrogen-bond acceptors (Lipinski definition) is 4. The van der Waals surface area contributed by atoms with Gasteiger partial charge in [-0.05, 0) is 17.3 Å². The molecular formula is C9H9BrCl2N4O2. The molecule has 18 heavy (non-hydrogen) atoms. The molecule has 0 aliphatic heterocycles. The average Bonchev–Trinajstić information content (AvgIpc) is 2.32. The number of nitrogens with zero attached hydrogens (tertiary/aromatic N) is 3. The molecule has 0 radical (unpaired) electrons. The van der Waals surface area contributed by atoms with Gasteiger partial charge in [-0.15, -0.1) is 5.10 Å². The molecule has 9 heteroatoms. The summed E-state index contributed by atoms with van der Waals surface area (Å²) < 4.78 is 6.31. The number of benzene rings is 1. The molecule has 0 amide bonds. The van der Waals surface area contributed by atoms with Gasteiger partial charge in [-0.1, -0.05) is 29.3 Å². The van der Waals surface area contributed by atoms with E-state index in [0.29, 0.717) is 10.0 Å². The van der Waals surface area contributed by atoms with Crippen molar-refractivity contribution < 1.29 is 9.94 Å². The molecule has 3 N–H and O–H groups in total. The van der Waals surface area contributed by atoms with Crippen molar-refractivity contribution in [3.05, 3.63) is 28.2 Å². The highest BCUT2D eigenvalue weighted by Gasteiger charge is 2.10. The maximum Gasteiger partial charge on any atom is 0.264 e. The van der Waals surface area contributed by atoms with Gasteiger partial charge in [-0.3, -0.25) is 0 Å². The lowest BCUT2D eigenvalue weighted by molar-refractivity contribution is 0.312. The summed E-state index contributed by atoms with van der Waals surface area (Å²) in [6, 6.07) is 4.95. The van der Waals surface area contributed by atoms with E-state index >= 15 is 0 Å². The third-order valence-corrected chi connectivity index (χ3v) is 2.81. The third kappa shape index (κ3) is 3.94. The summed E-state index contributed by atoms with van der Waals surface area (Å²) in [6.45, 7) is 1.55. The van der Waals surface area contributed by atoms with Crippen LogP contribution in [-0.4, -0.2) is 21.1 Å². The Morgan fingerprint density at radius 2 is 2.00 bits per heavy atom. The van der Waals surface area contributed by atoms with E-state index in [1.165, 1.54) is 0 Å². The van der Waals surface area contributed by atoms with Crippen LogP contribution < -0.4 is 10.5 Å². The minimum absolute atomic E-state index is 0.188. The summed E-state index contributed by atoms with van der Waals surface area (Å²) in [4.78, 5) is 0. The second-order valence-corrected chi connectivity index (χ2v) is 4.48. The first-order valence-corrected chi connectivity index (χ1v) is 6.02. The van der Waals surface area contributed by atoms with Crippen LogP contribution in [0.3, 0.4) is 0 Å². The van der Waals surface area contributed by atoms with Crippen LogP contribution in [0, 0.1) is 0 Å². The number of hydrazone groups is 1. The Morgan fingerprint density at radius 1 is 1.44 bits per heavy atom. The number of guanidine groups is 1. The van der Waals surface area contributed by atoms with Gasteiger partial charge in [-0.25, -0.2) is 0 Å². The van der Waals surface area contributed by atoms with Crippen LogP contribution in [0.2, 0.25) is 10.0 Å². The van der Waals surface area contributed by atoms with Gasteiger partial charge in [0.05, 0.1) is 26.2 Å². The minimum atomic E-state index is -0.261. The Bertz CT molecular complexity index is 475. The largest absolute Gasteiger partial charge is 0.439 e. The molecule has 1 aromatic carbocycles. The number of rotatable bonds is 2. The number of ether oxygens (including phenoxy) is 1. The van der Waals surface area contributed by atoms with Gasteiger partial charge >= 0.3 is 0 Å². The first kappa shape index (κ1) is 14.9. The molecule has 0 atom stereocenters. The van der Waals surface area contributed by atoms with Gasteiger partial charge in [0, 0.05) is 6.92 Å². The van der Waals surface area contributed by atoms with Crippen LogP contribution in [0.4, 0.5) is 0 Å². The zero-order valence-corrected chi connectivity index (χ0v) is 12.2. The molecule has 0 saturated carbocycles. The zero-order chi connectivity index (χ0) is 13.7. The van der Waals surface area contributed by atoms with E-state index in [0.717, 1.165) is 4.03 Å². The summed E-state index contributed by atoms with van der Waals surface area (Å²) in [5, 5.41) is 15.7. The van der Waals surface area contributed by atoms with Crippen LogP contribution in [0.5, 0.6) is 5.75 Å². The standard InChI is InChI=1S/C9H9BrCl2N4O2/c1-5(14-16(10)9(13)15-17)18-8-6(11)3-2-4-7(8)12/h2-4,17H,1H3,(H2,13,15)/b14-5-. The highest BCUT2D eigenvalue weighted by atomic mass is 79.9. The van der Waals surface area contributed by atoms with Crippen molar-refractivity contribution >= 4 is 51.2 Å². The monoisotopic (exact) mass is 354 g/mol. The van der Waals surface area contributed by atoms with E-state index in [9.17, 15) is 0 Å². The molecule has 98 valence electrons. The molecule has 0 spiro atoms. The van der Waals surface area contributed by atoms with E-state index in [1.807, 2.05) is 0 Å². The van der Waals surface area contributed by atoms with Gasteiger partial charge in [-0.2, -0.15) is 4.03 Å². The predicted octanol–water partition coefficient (Wildman–Crippen LogP) is 3.02. The zero-order valence-electron chi connectivity index (χ0n) is 9.14. The van der Waals surface area contributed by atoms with E-state index in [4.69, 9.17) is 38.9 Å². The maximum absolute atomic E-state index is 8.44. The quantitative estimate of drug-likeness (QED) is 0.281. The molecule has 0 bridgehead atoms. The molecule has 0 aromatic heterocycles. The van der Waals surface area contributed by atoms with Crippen molar-refractivity contribution in [2.24, 2.45) is 16.0 Å². The van der Waals surface area contributed by atoms with Crippen molar-refractivity contribution in [3.8, 4) is 5.75 Å². The Kier molecular flexibility index (Phi) is 5.52. The summed E-state index contributed by atoms with van der Waals surface area (Å²) in [7, 11) is 0. The Labute approximate surface area is 122 Å². The fourth-order valence-corrected chi connectivity index (χ4v) is 1.73. The van der Waals surface area contributed by atoms with Crippen LogP contribution in [0.1, 0.15) is 6.92 Å².